The van der Waals surface area contributed by atoms with Crippen molar-refractivity contribution >= 4 is 0 Å². The van der Waals surface area contributed by atoms with Crippen LogP contribution in [0.3, 0.4) is 0 Å². The Balaban J connectivity index is 2.78. The maximum atomic E-state index is 2.71. The van der Waals surface area contributed by atoms with Crippen molar-refractivity contribution in [2.45, 2.75) is 156 Å². The lowest BCUT2D eigenvalue weighted by atomic mass is 9.84. The second kappa shape index (κ2) is 18.3. The van der Waals surface area contributed by atoms with Crippen LogP contribution in [-0.2, 0) is 0 Å². The number of hydrogen-bond acceptors (Lipinski definition) is 0. The minimum absolute atomic E-state index is 0.816. The molecule has 0 spiro atoms. The fourth-order valence-corrected chi connectivity index (χ4v) is 5.05. The van der Waals surface area contributed by atoms with E-state index in [4.69, 9.17) is 0 Å². The molecule has 29 heavy (non-hydrogen) atoms. The van der Waals surface area contributed by atoms with Crippen LogP contribution in [0, 0.1) is 5.92 Å². The highest BCUT2D eigenvalue weighted by Gasteiger charge is 2.26. The van der Waals surface area contributed by atoms with E-state index in [1.54, 1.807) is 5.57 Å². The van der Waals surface area contributed by atoms with Crippen LogP contribution in [0.4, 0.5) is 0 Å². The maximum Gasteiger partial charge on any atom is 0.00160 e. The number of hydrogen-bond donors (Lipinski definition) is 0. The standard InChI is InChI=1S/C29H54/c1-5-9-13-17-21-26-25-27(22-18-14-10-6-2)29(24-20-16-12-8-4)28(26)23-19-15-11-7-3/h25,28H,5-24H2,1-4H3. The van der Waals surface area contributed by atoms with Gasteiger partial charge in [-0.15, -0.1) is 0 Å². The summed E-state index contributed by atoms with van der Waals surface area (Å²) < 4.78 is 0. The van der Waals surface area contributed by atoms with Crippen molar-refractivity contribution in [1.82, 2.24) is 0 Å². The number of rotatable bonds is 20. The van der Waals surface area contributed by atoms with Gasteiger partial charge in [0.25, 0.3) is 0 Å². The Bertz CT molecular complexity index is 439. The highest BCUT2D eigenvalue weighted by Crippen LogP contribution is 2.42. The van der Waals surface area contributed by atoms with E-state index >= 15 is 0 Å². The summed E-state index contributed by atoms with van der Waals surface area (Å²) in [5.74, 6) is 0.816. The molecule has 1 unspecified atom stereocenters. The molecular weight excluding hydrogens is 348 g/mol. The molecule has 0 heteroatoms. The number of unbranched alkanes of at least 4 members (excludes halogenated alkanes) is 12. The quantitative estimate of drug-likeness (QED) is 0.178. The molecule has 0 saturated heterocycles. The molecule has 0 amide bonds. The normalized spacial score (nSPS) is 16.7. The zero-order valence-electron chi connectivity index (χ0n) is 20.8. The van der Waals surface area contributed by atoms with Crippen LogP contribution in [0.5, 0.6) is 0 Å². The summed E-state index contributed by atoms with van der Waals surface area (Å²) in [6, 6.07) is 0. The van der Waals surface area contributed by atoms with E-state index in [9.17, 15) is 0 Å². The lowest BCUT2D eigenvalue weighted by Gasteiger charge is -2.21. The Kier molecular flexibility index (Phi) is 16.7. The van der Waals surface area contributed by atoms with Gasteiger partial charge in [-0.2, -0.15) is 0 Å². The summed E-state index contributed by atoms with van der Waals surface area (Å²) in [6.45, 7) is 9.33. The average Bonchev–Trinajstić information content (AvgIpc) is 3.05. The Morgan fingerprint density at radius 2 is 1.00 bits per heavy atom. The summed E-state index contributed by atoms with van der Waals surface area (Å²) in [6.07, 6.45) is 30.7. The van der Waals surface area contributed by atoms with E-state index in [1.807, 2.05) is 11.1 Å². The van der Waals surface area contributed by atoms with Crippen molar-refractivity contribution in [1.29, 1.82) is 0 Å². The molecule has 0 nitrogen and oxygen atoms in total. The first kappa shape index (κ1) is 26.5. The molecule has 0 heterocycles. The minimum Gasteiger partial charge on any atom is -0.0654 e. The van der Waals surface area contributed by atoms with Crippen LogP contribution in [-0.4, -0.2) is 0 Å². The predicted molar refractivity (Wildman–Crippen MR) is 134 cm³/mol. The largest absolute Gasteiger partial charge is 0.0654 e. The second-order valence-corrected chi connectivity index (χ2v) is 9.60. The number of allylic oxidation sites excluding steroid dienone is 4. The SMILES string of the molecule is CCCCCCC1=CC(CCCCCC)=C(CCCCCC)C1CCCCCC. The molecule has 0 N–H and O–H groups in total. The molecule has 170 valence electrons. The van der Waals surface area contributed by atoms with Gasteiger partial charge < -0.3 is 0 Å². The third-order valence-corrected chi connectivity index (χ3v) is 6.90. The highest BCUT2D eigenvalue weighted by molar-refractivity contribution is 5.42. The van der Waals surface area contributed by atoms with E-state index in [0.717, 1.165) is 5.92 Å². The van der Waals surface area contributed by atoms with Crippen LogP contribution in [0.15, 0.2) is 22.8 Å². The summed E-state index contributed by atoms with van der Waals surface area (Å²) in [4.78, 5) is 0. The third-order valence-electron chi connectivity index (χ3n) is 6.90. The Labute approximate surface area is 185 Å². The van der Waals surface area contributed by atoms with Crippen LogP contribution >= 0.6 is 0 Å². The second-order valence-electron chi connectivity index (χ2n) is 9.60. The summed E-state index contributed by atoms with van der Waals surface area (Å²) >= 11 is 0. The molecule has 0 aromatic heterocycles. The van der Waals surface area contributed by atoms with Crippen LogP contribution in [0.25, 0.3) is 0 Å². The Morgan fingerprint density at radius 1 is 0.517 bits per heavy atom. The molecule has 0 radical (unpaired) electrons. The van der Waals surface area contributed by atoms with E-state index in [2.05, 4.69) is 33.8 Å². The van der Waals surface area contributed by atoms with E-state index in [1.165, 1.54) is 128 Å². The summed E-state index contributed by atoms with van der Waals surface area (Å²) in [5.41, 5.74) is 5.50. The van der Waals surface area contributed by atoms with Crippen molar-refractivity contribution in [3.63, 3.8) is 0 Å². The van der Waals surface area contributed by atoms with Gasteiger partial charge in [0.15, 0.2) is 0 Å². The topological polar surface area (TPSA) is 0 Å². The summed E-state index contributed by atoms with van der Waals surface area (Å²) in [7, 11) is 0. The molecule has 0 fully saturated rings. The monoisotopic (exact) mass is 402 g/mol. The van der Waals surface area contributed by atoms with E-state index < -0.39 is 0 Å². The molecule has 0 aromatic carbocycles. The van der Waals surface area contributed by atoms with Gasteiger partial charge in [0.1, 0.15) is 0 Å². The van der Waals surface area contributed by atoms with Crippen molar-refractivity contribution in [2.24, 2.45) is 5.92 Å². The molecule has 0 saturated carbocycles. The van der Waals surface area contributed by atoms with Gasteiger partial charge >= 0.3 is 0 Å². The zero-order chi connectivity index (χ0) is 21.2. The van der Waals surface area contributed by atoms with Gasteiger partial charge in [0.2, 0.25) is 0 Å². The van der Waals surface area contributed by atoms with Gasteiger partial charge in [-0.1, -0.05) is 128 Å². The first-order valence-corrected chi connectivity index (χ1v) is 13.7. The molecule has 0 aliphatic heterocycles. The first-order valence-electron chi connectivity index (χ1n) is 13.7. The summed E-state index contributed by atoms with van der Waals surface area (Å²) in [5, 5.41) is 0. The zero-order valence-corrected chi connectivity index (χ0v) is 20.8. The van der Waals surface area contributed by atoms with Crippen molar-refractivity contribution in [2.75, 3.05) is 0 Å². The highest BCUT2D eigenvalue weighted by atomic mass is 14.3. The first-order chi connectivity index (χ1) is 14.3. The van der Waals surface area contributed by atoms with Gasteiger partial charge in [0, 0.05) is 5.92 Å². The fourth-order valence-electron chi connectivity index (χ4n) is 5.05. The maximum absolute atomic E-state index is 2.71. The van der Waals surface area contributed by atoms with Crippen LogP contribution in [0.2, 0.25) is 0 Å². The van der Waals surface area contributed by atoms with E-state index in [0.29, 0.717) is 0 Å². The Hall–Kier alpha value is -0.520. The van der Waals surface area contributed by atoms with Crippen molar-refractivity contribution in [3.8, 4) is 0 Å². The third kappa shape index (κ3) is 11.4. The Morgan fingerprint density at radius 3 is 1.55 bits per heavy atom. The molecule has 0 bridgehead atoms. The molecule has 1 aliphatic carbocycles. The lowest BCUT2D eigenvalue weighted by Crippen LogP contribution is -2.06. The molecule has 1 aliphatic rings. The lowest BCUT2D eigenvalue weighted by molar-refractivity contribution is 0.521. The minimum atomic E-state index is 0.816. The van der Waals surface area contributed by atoms with Crippen molar-refractivity contribution in [3.05, 3.63) is 22.8 Å². The predicted octanol–water partition coefficient (Wildman–Crippen LogP) is 10.7. The van der Waals surface area contributed by atoms with E-state index in [-0.39, 0.29) is 0 Å². The van der Waals surface area contributed by atoms with Gasteiger partial charge in [-0.05, 0) is 50.5 Å². The average molecular weight is 403 g/mol. The van der Waals surface area contributed by atoms with Gasteiger partial charge in [-0.25, -0.2) is 0 Å². The van der Waals surface area contributed by atoms with Crippen LogP contribution < -0.4 is 0 Å². The molecule has 1 rings (SSSR count). The molecule has 0 aromatic rings. The van der Waals surface area contributed by atoms with Gasteiger partial charge in [-0.3, -0.25) is 0 Å². The van der Waals surface area contributed by atoms with Crippen molar-refractivity contribution < 1.29 is 0 Å². The van der Waals surface area contributed by atoms with Gasteiger partial charge in [0.05, 0.1) is 0 Å². The smallest absolute Gasteiger partial charge is 0.00160 e. The van der Waals surface area contributed by atoms with Crippen LogP contribution in [0.1, 0.15) is 156 Å². The molecule has 1 atom stereocenters. The fraction of sp³-hybridized carbons (Fsp3) is 0.862. The molecular formula is C29H54.